The van der Waals surface area contributed by atoms with Crippen molar-refractivity contribution in [3.8, 4) is 0 Å². The first-order valence-corrected chi connectivity index (χ1v) is 6.72. The van der Waals surface area contributed by atoms with E-state index < -0.39 is 5.97 Å². The Labute approximate surface area is 108 Å². The summed E-state index contributed by atoms with van der Waals surface area (Å²) in [5.41, 5.74) is 0.761. The van der Waals surface area contributed by atoms with Gasteiger partial charge in [0.15, 0.2) is 0 Å². The van der Waals surface area contributed by atoms with Gasteiger partial charge in [-0.1, -0.05) is 13.0 Å². The molecule has 1 aliphatic carbocycles. The molecule has 102 valence electrons. The summed E-state index contributed by atoms with van der Waals surface area (Å²) >= 11 is 0. The number of nitrogens with one attached hydrogen (secondary N) is 1. The van der Waals surface area contributed by atoms with E-state index in [9.17, 15) is 9.59 Å². The molecule has 1 fully saturated rings. The Balaban J connectivity index is 2.28. The number of carbonyl (C=O) groups excluding carboxylic acids is 1. The molecule has 1 rings (SSSR count). The first-order chi connectivity index (χ1) is 8.54. The second-order valence-electron chi connectivity index (χ2n) is 5.06. The SMILES string of the molecule is CCC=C(C)C(=O)NCC1CCC(C(=O)O)CC1. The summed E-state index contributed by atoms with van der Waals surface area (Å²) in [5, 5.41) is 11.8. The first kappa shape index (κ1) is 14.7. The van der Waals surface area contributed by atoms with Crippen molar-refractivity contribution in [2.45, 2.75) is 46.0 Å². The van der Waals surface area contributed by atoms with Crippen molar-refractivity contribution < 1.29 is 14.7 Å². The van der Waals surface area contributed by atoms with Crippen LogP contribution in [0.4, 0.5) is 0 Å². The maximum absolute atomic E-state index is 11.7. The number of hydrogen-bond acceptors (Lipinski definition) is 2. The predicted molar refractivity (Wildman–Crippen MR) is 70.1 cm³/mol. The van der Waals surface area contributed by atoms with Crippen LogP contribution in [0.25, 0.3) is 0 Å². The number of rotatable bonds is 5. The number of carbonyl (C=O) groups is 2. The van der Waals surface area contributed by atoms with E-state index in [4.69, 9.17) is 5.11 Å². The Hall–Kier alpha value is -1.32. The minimum atomic E-state index is -0.681. The summed E-state index contributed by atoms with van der Waals surface area (Å²) in [4.78, 5) is 22.5. The zero-order chi connectivity index (χ0) is 13.5. The van der Waals surface area contributed by atoms with Crippen molar-refractivity contribution in [3.63, 3.8) is 0 Å². The van der Waals surface area contributed by atoms with Crippen LogP contribution in [0.1, 0.15) is 46.0 Å². The summed E-state index contributed by atoms with van der Waals surface area (Å²) in [6.07, 6.45) is 6.04. The lowest BCUT2D eigenvalue weighted by Crippen LogP contribution is -2.32. The van der Waals surface area contributed by atoms with E-state index >= 15 is 0 Å². The molecule has 0 unspecified atom stereocenters. The number of hydrogen-bond donors (Lipinski definition) is 2. The van der Waals surface area contributed by atoms with E-state index in [2.05, 4.69) is 5.32 Å². The van der Waals surface area contributed by atoms with Gasteiger partial charge in [0.1, 0.15) is 0 Å². The molecule has 1 saturated carbocycles. The van der Waals surface area contributed by atoms with Gasteiger partial charge >= 0.3 is 5.97 Å². The highest BCUT2D eigenvalue weighted by Gasteiger charge is 2.25. The fraction of sp³-hybridized carbons (Fsp3) is 0.714. The highest BCUT2D eigenvalue weighted by Crippen LogP contribution is 2.28. The van der Waals surface area contributed by atoms with Crippen molar-refractivity contribution >= 4 is 11.9 Å². The molecule has 0 aliphatic heterocycles. The molecule has 4 nitrogen and oxygen atoms in total. The summed E-state index contributed by atoms with van der Waals surface area (Å²) in [6.45, 7) is 4.49. The van der Waals surface area contributed by atoms with Crippen LogP contribution in [-0.4, -0.2) is 23.5 Å². The van der Waals surface area contributed by atoms with E-state index in [-0.39, 0.29) is 11.8 Å². The highest BCUT2D eigenvalue weighted by molar-refractivity contribution is 5.92. The van der Waals surface area contributed by atoms with Crippen LogP contribution in [0.3, 0.4) is 0 Å². The smallest absolute Gasteiger partial charge is 0.306 e. The molecule has 0 atom stereocenters. The van der Waals surface area contributed by atoms with Gasteiger partial charge in [0, 0.05) is 12.1 Å². The van der Waals surface area contributed by atoms with E-state index in [0.29, 0.717) is 12.5 Å². The lowest BCUT2D eigenvalue weighted by Gasteiger charge is -2.26. The van der Waals surface area contributed by atoms with Gasteiger partial charge < -0.3 is 10.4 Å². The molecule has 0 bridgehead atoms. The largest absolute Gasteiger partial charge is 0.481 e. The molecule has 0 aromatic rings. The molecule has 0 radical (unpaired) electrons. The zero-order valence-corrected chi connectivity index (χ0v) is 11.2. The van der Waals surface area contributed by atoms with E-state index in [0.717, 1.165) is 37.7 Å². The van der Waals surface area contributed by atoms with Gasteiger partial charge in [-0.25, -0.2) is 0 Å². The summed E-state index contributed by atoms with van der Waals surface area (Å²) in [7, 11) is 0. The normalized spacial score (nSPS) is 24.7. The topological polar surface area (TPSA) is 66.4 Å². The third-order valence-electron chi connectivity index (χ3n) is 3.62. The van der Waals surface area contributed by atoms with Crippen LogP contribution < -0.4 is 5.32 Å². The van der Waals surface area contributed by atoms with Gasteiger partial charge in [0.05, 0.1) is 5.92 Å². The zero-order valence-electron chi connectivity index (χ0n) is 11.2. The monoisotopic (exact) mass is 253 g/mol. The van der Waals surface area contributed by atoms with Crippen molar-refractivity contribution in [1.82, 2.24) is 5.32 Å². The van der Waals surface area contributed by atoms with E-state index in [1.165, 1.54) is 0 Å². The average molecular weight is 253 g/mol. The fourth-order valence-electron chi connectivity index (χ4n) is 2.39. The Morgan fingerprint density at radius 2 is 1.89 bits per heavy atom. The van der Waals surface area contributed by atoms with Gasteiger partial charge in [0.25, 0.3) is 0 Å². The lowest BCUT2D eigenvalue weighted by atomic mass is 9.82. The number of allylic oxidation sites excluding steroid dienone is 1. The predicted octanol–water partition coefficient (Wildman–Crippen LogP) is 2.35. The Bertz CT molecular complexity index is 328. The molecular weight excluding hydrogens is 230 g/mol. The number of carboxylic acid groups (broad SMARTS) is 1. The molecule has 0 saturated heterocycles. The standard InChI is InChI=1S/C14H23NO3/c1-3-4-10(2)13(16)15-9-11-5-7-12(8-6-11)14(17)18/h4,11-12H,3,5-9H2,1-2H3,(H,15,16)(H,17,18). The Morgan fingerprint density at radius 1 is 1.28 bits per heavy atom. The van der Waals surface area contributed by atoms with Crippen LogP contribution in [0, 0.1) is 11.8 Å². The van der Waals surface area contributed by atoms with Gasteiger partial charge in [-0.2, -0.15) is 0 Å². The second-order valence-corrected chi connectivity index (χ2v) is 5.06. The van der Waals surface area contributed by atoms with Crippen molar-refractivity contribution in [1.29, 1.82) is 0 Å². The average Bonchev–Trinajstić information content (AvgIpc) is 2.36. The minimum Gasteiger partial charge on any atom is -0.481 e. The molecule has 4 heteroatoms. The molecule has 0 heterocycles. The third kappa shape index (κ3) is 4.51. The highest BCUT2D eigenvalue weighted by atomic mass is 16.4. The molecule has 18 heavy (non-hydrogen) atoms. The lowest BCUT2D eigenvalue weighted by molar-refractivity contribution is -0.143. The summed E-state index contributed by atoms with van der Waals surface area (Å²) < 4.78 is 0. The second kappa shape index (κ2) is 7.19. The van der Waals surface area contributed by atoms with Crippen molar-refractivity contribution in [3.05, 3.63) is 11.6 Å². The maximum Gasteiger partial charge on any atom is 0.306 e. The summed E-state index contributed by atoms with van der Waals surface area (Å²) in [5.74, 6) is -0.436. The van der Waals surface area contributed by atoms with Crippen LogP contribution >= 0.6 is 0 Å². The van der Waals surface area contributed by atoms with Gasteiger partial charge in [-0.05, 0) is 44.9 Å². The molecule has 0 spiro atoms. The van der Waals surface area contributed by atoms with Crippen molar-refractivity contribution in [2.75, 3.05) is 6.54 Å². The van der Waals surface area contributed by atoms with Crippen LogP contribution in [0.5, 0.6) is 0 Å². The first-order valence-electron chi connectivity index (χ1n) is 6.72. The number of aliphatic carboxylic acids is 1. The third-order valence-corrected chi connectivity index (χ3v) is 3.62. The quantitative estimate of drug-likeness (QED) is 0.739. The molecule has 1 amide bonds. The van der Waals surface area contributed by atoms with Gasteiger partial charge in [-0.15, -0.1) is 0 Å². The van der Waals surface area contributed by atoms with Gasteiger partial charge in [-0.3, -0.25) is 9.59 Å². The maximum atomic E-state index is 11.7. The van der Waals surface area contributed by atoms with Crippen LogP contribution in [0.2, 0.25) is 0 Å². The fourth-order valence-corrected chi connectivity index (χ4v) is 2.39. The van der Waals surface area contributed by atoms with Crippen LogP contribution in [0.15, 0.2) is 11.6 Å². The van der Waals surface area contributed by atoms with Crippen molar-refractivity contribution in [2.24, 2.45) is 11.8 Å². The number of carboxylic acids is 1. The Morgan fingerprint density at radius 3 is 2.39 bits per heavy atom. The molecular formula is C14H23NO3. The molecule has 2 N–H and O–H groups in total. The van der Waals surface area contributed by atoms with Crippen LogP contribution in [-0.2, 0) is 9.59 Å². The molecule has 1 aliphatic rings. The molecule has 0 aromatic heterocycles. The van der Waals surface area contributed by atoms with E-state index in [1.807, 2.05) is 19.9 Å². The summed E-state index contributed by atoms with van der Waals surface area (Å²) in [6, 6.07) is 0. The minimum absolute atomic E-state index is 0.00259. The van der Waals surface area contributed by atoms with E-state index in [1.54, 1.807) is 0 Å². The van der Waals surface area contributed by atoms with Gasteiger partial charge in [0.2, 0.25) is 5.91 Å². The Kier molecular flexibility index (Phi) is 5.89. The molecule has 0 aromatic carbocycles. The number of amides is 1.